The number of hydrogen-bond acceptors (Lipinski definition) is 4. The van der Waals surface area contributed by atoms with Gasteiger partial charge in [-0.25, -0.2) is 9.59 Å². The lowest BCUT2D eigenvalue weighted by Crippen LogP contribution is -2.43. The van der Waals surface area contributed by atoms with Crippen molar-refractivity contribution in [3.63, 3.8) is 0 Å². The van der Waals surface area contributed by atoms with Crippen LogP contribution in [-0.4, -0.2) is 34.8 Å². The lowest BCUT2D eigenvalue weighted by Gasteiger charge is -2.17. The topological polar surface area (TPSA) is 88.5 Å². The number of aliphatic carboxylic acids is 1. The number of hydrogen-bond donors (Lipinski definition) is 2. The van der Waals surface area contributed by atoms with Crippen molar-refractivity contribution in [3.8, 4) is 11.1 Å². The molecule has 1 atom stereocenters. The lowest BCUT2D eigenvalue weighted by atomic mass is 9.98. The average Bonchev–Trinajstić information content (AvgIpc) is 3.06. The van der Waals surface area contributed by atoms with E-state index in [4.69, 9.17) is 16.3 Å². The summed E-state index contributed by atoms with van der Waals surface area (Å²) in [6.45, 7) is 0.113. The van der Waals surface area contributed by atoms with Gasteiger partial charge in [-0.05, 0) is 34.4 Å². The van der Waals surface area contributed by atoms with Crippen molar-refractivity contribution in [1.82, 2.24) is 10.3 Å². The molecule has 0 unspecified atom stereocenters. The number of carboxylic acids is 1. The molecule has 1 aliphatic rings. The molecule has 7 heteroatoms. The fourth-order valence-electron chi connectivity index (χ4n) is 3.75. The molecule has 2 aromatic carbocycles. The van der Waals surface area contributed by atoms with Crippen molar-refractivity contribution in [3.05, 3.63) is 88.7 Å². The highest BCUT2D eigenvalue weighted by Gasteiger charge is 2.29. The summed E-state index contributed by atoms with van der Waals surface area (Å²) in [5.41, 5.74) is 4.89. The largest absolute Gasteiger partial charge is 0.480 e. The Morgan fingerprint density at radius 2 is 1.70 bits per heavy atom. The minimum Gasteiger partial charge on any atom is -0.480 e. The predicted molar refractivity (Wildman–Crippen MR) is 113 cm³/mol. The summed E-state index contributed by atoms with van der Waals surface area (Å²) in [6, 6.07) is 18.0. The second kappa shape index (κ2) is 8.55. The Morgan fingerprint density at radius 3 is 2.30 bits per heavy atom. The molecule has 0 radical (unpaired) electrons. The van der Waals surface area contributed by atoms with Gasteiger partial charge in [0.05, 0.1) is 0 Å². The number of carbonyl (C=O) groups is 2. The third-order valence-electron chi connectivity index (χ3n) is 5.13. The van der Waals surface area contributed by atoms with Crippen LogP contribution in [0.5, 0.6) is 0 Å². The van der Waals surface area contributed by atoms with Crippen LogP contribution in [0.25, 0.3) is 11.1 Å². The third kappa shape index (κ3) is 4.14. The number of benzene rings is 2. The monoisotopic (exact) mass is 422 g/mol. The molecule has 3 aromatic rings. The number of rotatable bonds is 6. The summed E-state index contributed by atoms with van der Waals surface area (Å²) >= 11 is 5.92. The zero-order chi connectivity index (χ0) is 21.1. The van der Waals surface area contributed by atoms with Gasteiger partial charge < -0.3 is 15.2 Å². The molecule has 152 valence electrons. The SMILES string of the molecule is O=C(N[C@@H](Cc1cc(Cl)ccn1)C(=O)O)OCC1c2ccccc2-c2ccccc21. The van der Waals surface area contributed by atoms with E-state index in [9.17, 15) is 14.7 Å². The molecule has 0 spiro atoms. The smallest absolute Gasteiger partial charge is 0.407 e. The molecule has 1 aliphatic carbocycles. The number of pyridine rings is 1. The molecule has 1 heterocycles. The molecular weight excluding hydrogens is 404 g/mol. The molecule has 30 heavy (non-hydrogen) atoms. The second-order valence-corrected chi connectivity index (χ2v) is 7.47. The van der Waals surface area contributed by atoms with Gasteiger partial charge in [0.1, 0.15) is 12.6 Å². The Bertz CT molecular complexity index is 1060. The van der Waals surface area contributed by atoms with Gasteiger partial charge >= 0.3 is 12.1 Å². The molecule has 1 amide bonds. The standard InChI is InChI=1S/C23H19ClN2O4/c24-14-9-10-25-15(11-14)12-21(22(27)28)26-23(29)30-13-20-18-7-3-1-5-16(18)17-6-2-4-8-19(17)20/h1-11,20-21H,12-13H2,(H,26,29)(H,27,28)/t21-/m0/s1. The van der Waals surface area contributed by atoms with E-state index in [-0.39, 0.29) is 18.9 Å². The van der Waals surface area contributed by atoms with Gasteiger partial charge in [-0.1, -0.05) is 60.1 Å². The van der Waals surface area contributed by atoms with Gasteiger partial charge in [-0.3, -0.25) is 4.98 Å². The number of ether oxygens (including phenoxy) is 1. The van der Waals surface area contributed by atoms with Crippen molar-refractivity contribution in [1.29, 1.82) is 0 Å². The van der Waals surface area contributed by atoms with Crippen molar-refractivity contribution in [2.75, 3.05) is 6.61 Å². The maximum atomic E-state index is 12.4. The summed E-state index contributed by atoms with van der Waals surface area (Å²) in [5, 5.41) is 12.3. The maximum absolute atomic E-state index is 12.4. The Labute approximate surface area is 178 Å². The number of fused-ring (bicyclic) bond motifs is 3. The van der Waals surface area contributed by atoms with Crippen LogP contribution < -0.4 is 5.32 Å². The molecule has 2 N–H and O–H groups in total. The van der Waals surface area contributed by atoms with Crippen LogP contribution >= 0.6 is 11.6 Å². The van der Waals surface area contributed by atoms with E-state index in [0.29, 0.717) is 10.7 Å². The summed E-state index contributed by atoms with van der Waals surface area (Å²) in [5.74, 6) is -1.27. The first kappa shape index (κ1) is 19.9. The molecule has 6 nitrogen and oxygen atoms in total. The van der Waals surface area contributed by atoms with Crippen molar-refractivity contribution in [2.24, 2.45) is 0 Å². The number of nitrogens with one attached hydrogen (secondary N) is 1. The molecule has 0 saturated heterocycles. The molecular formula is C23H19ClN2O4. The predicted octanol–water partition coefficient (Wildman–Crippen LogP) is 4.27. The van der Waals surface area contributed by atoms with Crippen LogP contribution in [0.4, 0.5) is 4.79 Å². The van der Waals surface area contributed by atoms with Gasteiger partial charge in [0.2, 0.25) is 0 Å². The van der Waals surface area contributed by atoms with Gasteiger partial charge in [-0.2, -0.15) is 0 Å². The molecule has 0 saturated carbocycles. The summed E-state index contributed by atoms with van der Waals surface area (Å²) in [7, 11) is 0. The normalized spacial score (nSPS) is 13.2. The van der Waals surface area contributed by atoms with Crippen LogP contribution in [0.1, 0.15) is 22.7 Å². The van der Waals surface area contributed by atoms with E-state index in [1.54, 1.807) is 12.1 Å². The molecule has 0 bridgehead atoms. The van der Waals surface area contributed by atoms with E-state index >= 15 is 0 Å². The van der Waals surface area contributed by atoms with Crippen molar-refractivity contribution >= 4 is 23.7 Å². The minimum atomic E-state index is -1.18. The first-order valence-corrected chi connectivity index (χ1v) is 9.85. The number of halogens is 1. The lowest BCUT2D eigenvalue weighted by molar-refractivity contribution is -0.139. The molecule has 1 aromatic heterocycles. The van der Waals surface area contributed by atoms with Gasteiger partial charge in [-0.15, -0.1) is 0 Å². The van der Waals surface area contributed by atoms with Crippen molar-refractivity contribution in [2.45, 2.75) is 18.4 Å². The van der Waals surface area contributed by atoms with E-state index in [0.717, 1.165) is 22.3 Å². The molecule has 4 rings (SSSR count). The second-order valence-electron chi connectivity index (χ2n) is 7.03. The summed E-state index contributed by atoms with van der Waals surface area (Å²) in [4.78, 5) is 28.0. The van der Waals surface area contributed by atoms with E-state index in [1.165, 1.54) is 6.20 Å². The fourth-order valence-corrected chi connectivity index (χ4v) is 3.93. The number of amides is 1. The minimum absolute atomic E-state index is 0.0000880. The number of carbonyl (C=O) groups excluding carboxylic acids is 1. The van der Waals surface area contributed by atoms with Crippen molar-refractivity contribution < 1.29 is 19.4 Å². The molecule has 0 aliphatic heterocycles. The van der Waals surface area contributed by atoms with Crippen LogP contribution in [0.15, 0.2) is 66.9 Å². The van der Waals surface area contributed by atoms with E-state index in [2.05, 4.69) is 10.3 Å². The first-order valence-electron chi connectivity index (χ1n) is 9.47. The van der Waals surface area contributed by atoms with E-state index in [1.807, 2.05) is 48.5 Å². The van der Waals surface area contributed by atoms with Gasteiger partial charge in [0, 0.05) is 29.3 Å². The highest BCUT2D eigenvalue weighted by Crippen LogP contribution is 2.44. The number of alkyl carbamates (subject to hydrolysis) is 1. The Balaban J connectivity index is 1.43. The third-order valence-corrected chi connectivity index (χ3v) is 5.36. The maximum Gasteiger partial charge on any atom is 0.407 e. The van der Waals surface area contributed by atoms with Crippen LogP contribution in [-0.2, 0) is 16.0 Å². The highest BCUT2D eigenvalue weighted by molar-refractivity contribution is 6.30. The zero-order valence-electron chi connectivity index (χ0n) is 15.9. The number of nitrogens with zero attached hydrogens (tertiary/aromatic N) is 1. The summed E-state index contributed by atoms with van der Waals surface area (Å²) in [6.07, 6.45) is 0.704. The zero-order valence-corrected chi connectivity index (χ0v) is 16.7. The number of aromatic nitrogens is 1. The fraction of sp³-hybridized carbons (Fsp3) is 0.174. The van der Waals surface area contributed by atoms with E-state index < -0.39 is 18.1 Å². The quantitative estimate of drug-likeness (QED) is 0.619. The highest BCUT2D eigenvalue weighted by atomic mass is 35.5. The van der Waals surface area contributed by atoms with Gasteiger partial charge in [0.15, 0.2) is 0 Å². The number of carboxylic acid groups (broad SMARTS) is 1. The van der Waals surface area contributed by atoms with Crippen LogP contribution in [0.3, 0.4) is 0 Å². The average molecular weight is 423 g/mol. The Hall–Kier alpha value is -3.38. The Kier molecular flexibility index (Phi) is 5.68. The Morgan fingerprint density at radius 1 is 1.07 bits per heavy atom. The summed E-state index contributed by atoms with van der Waals surface area (Å²) < 4.78 is 5.42. The van der Waals surface area contributed by atoms with Gasteiger partial charge in [0.25, 0.3) is 0 Å². The first-order chi connectivity index (χ1) is 14.5. The van der Waals surface area contributed by atoms with Crippen LogP contribution in [0.2, 0.25) is 5.02 Å². The molecule has 0 fully saturated rings. The van der Waals surface area contributed by atoms with Crippen LogP contribution in [0, 0.1) is 0 Å².